The summed E-state index contributed by atoms with van der Waals surface area (Å²) < 4.78 is 65.9. The fourth-order valence-electron chi connectivity index (χ4n) is 5.36. The molecule has 4 N–H and O–H groups in total. The van der Waals surface area contributed by atoms with Gasteiger partial charge in [0.2, 0.25) is 5.91 Å². The third-order valence-corrected chi connectivity index (χ3v) is 10.7. The molecule has 290 valence electrons. The van der Waals surface area contributed by atoms with Gasteiger partial charge in [-0.3, -0.25) is 13.9 Å². The number of pyridine rings is 1. The van der Waals surface area contributed by atoms with Crippen LogP contribution in [0.15, 0.2) is 140 Å². The second-order valence-electron chi connectivity index (χ2n) is 12.1. The van der Waals surface area contributed by atoms with Gasteiger partial charge in [-0.05, 0) is 96.9 Å². The molecule has 0 radical (unpaired) electrons. The number of benzene rings is 4. The molecule has 0 saturated carbocycles. The van der Waals surface area contributed by atoms with Gasteiger partial charge in [0, 0.05) is 23.9 Å². The average molecular weight is 833 g/mol. The highest BCUT2D eigenvalue weighted by molar-refractivity contribution is 7.86. The van der Waals surface area contributed by atoms with E-state index in [1.165, 1.54) is 42.3 Å². The Kier molecular flexibility index (Phi) is 11.8. The standard InChI is InChI=1S/C38H28N10O7S3/c1-23-20-34(43-36(32(23)21-39)42-27-12-16-30(17-13-27)57(50,51)52)48(29-14-18-31(19-15-29)58(53,54)55)47-46-37-33(22-40)35(25-8-10-26(11-9-25)41-24(2)49)38(56-37)45-44-28-6-4-3-5-7-28/h3-20H,1-2H3,(H,41,49)(H,42,43)(H,50,51,52)(H,53,54,55). The summed E-state index contributed by atoms with van der Waals surface area (Å²) in [6, 6.07) is 31.4. The molecular formula is C38H28N10O7S3. The first-order chi connectivity index (χ1) is 27.6. The van der Waals surface area contributed by atoms with E-state index in [9.17, 15) is 41.3 Å². The number of hydrogen-bond acceptors (Lipinski definition) is 14. The molecule has 6 aromatic rings. The zero-order chi connectivity index (χ0) is 41.6. The summed E-state index contributed by atoms with van der Waals surface area (Å²) in [4.78, 5) is 15.5. The number of thiophene rings is 1. The summed E-state index contributed by atoms with van der Waals surface area (Å²) in [5.74, 6) is -0.179. The Morgan fingerprint density at radius 1 is 0.759 bits per heavy atom. The van der Waals surface area contributed by atoms with Crippen LogP contribution in [0.25, 0.3) is 11.1 Å². The van der Waals surface area contributed by atoms with Crippen LogP contribution in [0, 0.1) is 29.6 Å². The van der Waals surface area contributed by atoms with E-state index in [4.69, 9.17) is 0 Å². The highest BCUT2D eigenvalue weighted by Crippen LogP contribution is 2.48. The first-order valence-corrected chi connectivity index (χ1v) is 20.3. The normalized spacial score (nSPS) is 11.6. The quantitative estimate of drug-likeness (QED) is 0.0510. The summed E-state index contributed by atoms with van der Waals surface area (Å²) in [6.07, 6.45) is 0. The van der Waals surface area contributed by atoms with Crippen LogP contribution in [-0.2, 0) is 25.0 Å². The van der Waals surface area contributed by atoms with Crippen LogP contribution in [0.4, 0.5) is 44.4 Å². The first-order valence-electron chi connectivity index (χ1n) is 16.6. The van der Waals surface area contributed by atoms with E-state index >= 15 is 0 Å². The van der Waals surface area contributed by atoms with Gasteiger partial charge in [-0.1, -0.05) is 46.9 Å². The molecule has 58 heavy (non-hydrogen) atoms. The Hall–Kier alpha value is -7.20. The van der Waals surface area contributed by atoms with Crippen molar-refractivity contribution < 1.29 is 30.7 Å². The molecule has 2 aromatic heterocycles. The van der Waals surface area contributed by atoms with Gasteiger partial charge < -0.3 is 10.6 Å². The van der Waals surface area contributed by atoms with Crippen molar-refractivity contribution >= 4 is 81.9 Å². The van der Waals surface area contributed by atoms with Gasteiger partial charge in [0.1, 0.15) is 22.7 Å². The van der Waals surface area contributed by atoms with E-state index < -0.39 is 25.1 Å². The number of rotatable bonds is 12. The van der Waals surface area contributed by atoms with E-state index in [2.05, 4.69) is 48.3 Å². The van der Waals surface area contributed by atoms with Crippen molar-refractivity contribution in [1.29, 1.82) is 10.5 Å². The number of amides is 1. The molecule has 0 atom stereocenters. The molecule has 4 aromatic carbocycles. The number of aromatic nitrogens is 1. The Labute approximate surface area is 335 Å². The van der Waals surface area contributed by atoms with E-state index in [1.54, 1.807) is 55.5 Å². The molecule has 0 aliphatic carbocycles. The number of nitrogens with one attached hydrogen (secondary N) is 2. The van der Waals surface area contributed by atoms with Crippen LogP contribution in [-0.4, -0.2) is 36.8 Å². The summed E-state index contributed by atoms with van der Waals surface area (Å²) >= 11 is 1.01. The van der Waals surface area contributed by atoms with Crippen molar-refractivity contribution in [2.75, 3.05) is 15.6 Å². The van der Waals surface area contributed by atoms with Gasteiger partial charge in [-0.2, -0.15) is 32.4 Å². The molecule has 17 nitrogen and oxygen atoms in total. The Morgan fingerprint density at radius 2 is 1.34 bits per heavy atom. The number of carbonyl (C=O) groups is 1. The number of nitriles is 2. The molecule has 6 rings (SSSR count). The highest BCUT2D eigenvalue weighted by atomic mass is 32.2. The molecule has 0 fully saturated rings. The van der Waals surface area contributed by atoms with Gasteiger partial charge >= 0.3 is 0 Å². The van der Waals surface area contributed by atoms with Crippen LogP contribution in [0.1, 0.15) is 23.6 Å². The lowest BCUT2D eigenvalue weighted by Gasteiger charge is -2.19. The summed E-state index contributed by atoms with van der Waals surface area (Å²) in [7, 11) is -9.04. The van der Waals surface area contributed by atoms with E-state index in [-0.39, 0.29) is 44.3 Å². The highest BCUT2D eigenvalue weighted by Gasteiger charge is 2.23. The number of hydrogen-bond donors (Lipinski definition) is 4. The lowest BCUT2D eigenvalue weighted by atomic mass is 10.0. The van der Waals surface area contributed by atoms with Crippen LogP contribution < -0.4 is 15.6 Å². The topological polar surface area (TPSA) is 263 Å². The summed E-state index contributed by atoms with van der Waals surface area (Å²) in [6.45, 7) is 3.01. The molecule has 0 spiro atoms. The number of carbonyl (C=O) groups excluding carboxylic acids is 1. The zero-order valence-electron chi connectivity index (χ0n) is 30.1. The Morgan fingerprint density at radius 3 is 1.91 bits per heavy atom. The molecule has 0 bridgehead atoms. The molecule has 0 aliphatic heterocycles. The maximum atomic E-state index is 11.9. The number of anilines is 5. The Balaban J connectivity index is 1.49. The number of aryl methyl sites for hydroxylation is 1. The molecule has 2 heterocycles. The smallest absolute Gasteiger partial charge is 0.294 e. The van der Waals surface area contributed by atoms with E-state index in [1.807, 2.05) is 6.07 Å². The first kappa shape index (κ1) is 40.5. The second-order valence-corrected chi connectivity index (χ2v) is 15.9. The van der Waals surface area contributed by atoms with E-state index in [0.717, 1.165) is 35.6 Å². The minimum atomic E-state index is -4.57. The summed E-state index contributed by atoms with van der Waals surface area (Å²) in [5.41, 5.74) is 3.16. The fourth-order valence-corrected chi connectivity index (χ4v) is 7.23. The molecule has 20 heteroatoms. The van der Waals surface area contributed by atoms with Crippen molar-refractivity contribution in [3.05, 3.63) is 126 Å². The van der Waals surface area contributed by atoms with Crippen LogP contribution >= 0.6 is 11.3 Å². The largest absolute Gasteiger partial charge is 0.339 e. The predicted octanol–water partition coefficient (Wildman–Crippen LogP) is 9.31. The third kappa shape index (κ3) is 9.42. The van der Waals surface area contributed by atoms with Gasteiger partial charge in [0.25, 0.3) is 20.2 Å². The van der Waals surface area contributed by atoms with Crippen molar-refractivity contribution in [3.8, 4) is 23.3 Å². The lowest BCUT2D eigenvalue weighted by molar-refractivity contribution is -0.114. The summed E-state index contributed by atoms with van der Waals surface area (Å²) in [5, 5.41) is 45.6. The fraction of sp³-hybridized carbons (Fsp3) is 0.0526. The minimum Gasteiger partial charge on any atom is -0.339 e. The third-order valence-electron chi connectivity index (χ3n) is 8.04. The SMILES string of the molecule is CC(=O)Nc1ccc(-c2c(N=Nc3ccccc3)sc(N=NN(c3ccc(S(=O)(=O)O)cc3)c3cc(C)c(C#N)c(Nc4ccc(S(=O)(=O)O)cc4)n3)c2C#N)cc1. The maximum Gasteiger partial charge on any atom is 0.294 e. The monoisotopic (exact) mass is 832 g/mol. The number of azo groups is 1. The average Bonchev–Trinajstić information content (AvgIpc) is 3.54. The van der Waals surface area contributed by atoms with Crippen molar-refractivity contribution in [3.63, 3.8) is 0 Å². The van der Waals surface area contributed by atoms with Crippen molar-refractivity contribution in [1.82, 2.24) is 4.98 Å². The van der Waals surface area contributed by atoms with Gasteiger partial charge in [0.15, 0.2) is 16.6 Å². The van der Waals surface area contributed by atoms with Gasteiger partial charge in [-0.15, -0.1) is 15.3 Å². The molecule has 0 aliphatic rings. The van der Waals surface area contributed by atoms with Crippen molar-refractivity contribution in [2.45, 2.75) is 23.6 Å². The lowest BCUT2D eigenvalue weighted by Crippen LogP contribution is -2.12. The van der Waals surface area contributed by atoms with Crippen molar-refractivity contribution in [2.24, 2.45) is 20.6 Å². The van der Waals surface area contributed by atoms with Crippen LogP contribution in [0.5, 0.6) is 0 Å². The van der Waals surface area contributed by atoms with Gasteiger partial charge in [-0.25, -0.2) is 4.98 Å². The van der Waals surface area contributed by atoms with E-state index in [0.29, 0.717) is 38.8 Å². The maximum absolute atomic E-state index is 11.9. The molecule has 0 unspecified atom stereocenters. The number of nitrogens with zero attached hydrogens (tertiary/aromatic N) is 8. The van der Waals surface area contributed by atoms with Gasteiger partial charge in [0.05, 0.1) is 26.7 Å². The Bertz CT molecular complexity index is 2890. The molecular weight excluding hydrogens is 805 g/mol. The predicted molar refractivity (Wildman–Crippen MR) is 216 cm³/mol. The van der Waals surface area contributed by atoms with Crippen LogP contribution in [0.3, 0.4) is 0 Å². The molecule has 0 saturated heterocycles. The minimum absolute atomic E-state index is 0.0225. The molecule has 1 amide bonds. The zero-order valence-corrected chi connectivity index (χ0v) is 32.6. The second kappa shape index (κ2) is 16.9. The van der Waals surface area contributed by atoms with Crippen LogP contribution in [0.2, 0.25) is 0 Å².